The van der Waals surface area contributed by atoms with Gasteiger partial charge in [0.2, 0.25) is 5.91 Å². The molecular weight excluding hydrogens is 382 g/mol. The maximum Gasteiger partial charge on any atom is 0.254 e. The van der Waals surface area contributed by atoms with E-state index in [2.05, 4.69) is 11.7 Å². The highest BCUT2D eigenvalue weighted by molar-refractivity contribution is 6.03. The number of benzene rings is 1. The first-order valence-corrected chi connectivity index (χ1v) is 10.2. The molecule has 1 aliphatic rings. The zero-order chi connectivity index (χ0) is 21.8. The van der Waals surface area contributed by atoms with Crippen molar-refractivity contribution in [3.63, 3.8) is 0 Å². The largest absolute Gasteiger partial charge is 0.383 e. The molecule has 4 N–H and O–H groups in total. The van der Waals surface area contributed by atoms with E-state index in [9.17, 15) is 9.59 Å². The Kier molecular flexibility index (Phi) is 6.56. The number of likely N-dealkylation sites (tertiary alicyclic amines) is 1. The molecular formula is C22H29N5O3. The second-order valence-corrected chi connectivity index (χ2v) is 7.40. The van der Waals surface area contributed by atoms with Crippen LogP contribution in [0, 0.1) is 0 Å². The van der Waals surface area contributed by atoms with E-state index in [-0.39, 0.29) is 29.4 Å². The van der Waals surface area contributed by atoms with Gasteiger partial charge >= 0.3 is 0 Å². The van der Waals surface area contributed by atoms with Crippen LogP contribution in [0.4, 0.5) is 5.82 Å². The lowest BCUT2D eigenvalue weighted by molar-refractivity contribution is -0.127. The Bertz CT molecular complexity index is 927. The van der Waals surface area contributed by atoms with E-state index in [4.69, 9.17) is 16.2 Å². The number of rotatable bonds is 7. The number of nitrogens with zero attached hydrogens (tertiary/aromatic N) is 3. The van der Waals surface area contributed by atoms with E-state index in [0.29, 0.717) is 38.2 Å². The molecule has 160 valence electrons. The van der Waals surface area contributed by atoms with E-state index in [1.165, 1.54) is 6.08 Å². The van der Waals surface area contributed by atoms with E-state index < -0.39 is 5.91 Å². The highest BCUT2D eigenvalue weighted by Crippen LogP contribution is 2.33. The summed E-state index contributed by atoms with van der Waals surface area (Å²) in [4.78, 5) is 25.7. The van der Waals surface area contributed by atoms with Crippen molar-refractivity contribution in [3.8, 4) is 11.3 Å². The molecule has 1 aliphatic heterocycles. The number of hydrogen-bond donors (Lipinski definition) is 2. The van der Waals surface area contributed by atoms with Crippen LogP contribution in [0.3, 0.4) is 0 Å². The molecule has 0 spiro atoms. The molecule has 0 bridgehead atoms. The third-order valence-corrected chi connectivity index (χ3v) is 5.56. The second-order valence-electron chi connectivity index (χ2n) is 7.40. The Hall–Kier alpha value is -3.13. The normalized spacial score (nSPS) is 15.7. The summed E-state index contributed by atoms with van der Waals surface area (Å²) in [6.45, 7) is 9.28. The number of anilines is 1. The van der Waals surface area contributed by atoms with Crippen molar-refractivity contribution in [2.24, 2.45) is 5.73 Å². The third-order valence-electron chi connectivity index (χ3n) is 5.56. The molecule has 0 radical (unpaired) electrons. The standard InChI is InChI=1S/C22H29N5O3/c1-4-18(28)26-12-10-17(11-13-26)27-21(23)19(22(24)29)20(25-27)16-8-6-15(7-9-16)14(3)30-5-2/h4,6-9,14,17H,1,5,10-13,23H2,2-3H3,(H2,24,29). The lowest BCUT2D eigenvalue weighted by Crippen LogP contribution is -2.38. The van der Waals surface area contributed by atoms with E-state index in [1.54, 1.807) is 9.58 Å². The molecule has 2 amide bonds. The molecule has 0 saturated carbocycles. The Labute approximate surface area is 176 Å². The molecule has 1 aromatic carbocycles. The number of primary amides is 1. The number of hydrogen-bond acceptors (Lipinski definition) is 5. The minimum Gasteiger partial charge on any atom is -0.383 e. The lowest BCUT2D eigenvalue weighted by Gasteiger charge is -2.31. The van der Waals surface area contributed by atoms with Gasteiger partial charge in [-0.15, -0.1) is 0 Å². The minimum absolute atomic E-state index is 0.0111. The number of nitrogens with two attached hydrogens (primary N) is 2. The highest BCUT2D eigenvalue weighted by atomic mass is 16.5. The Balaban J connectivity index is 1.89. The van der Waals surface area contributed by atoms with Gasteiger partial charge < -0.3 is 21.1 Å². The lowest BCUT2D eigenvalue weighted by atomic mass is 10.0. The number of ether oxygens (including phenoxy) is 1. The maximum absolute atomic E-state index is 12.2. The number of amides is 2. The van der Waals surface area contributed by atoms with E-state index in [0.717, 1.165) is 11.1 Å². The molecule has 1 unspecified atom stereocenters. The summed E-state index contributed by atoms with van der Waals surface area (Å²) in [6.07, 6.45) is 2.68. The molecule has 30 heavy (non-hydrogen) atoms. The molecule has 1 aromatic heterocycles. The summed E-state index contributed by atoms with van der Waals surface area (Å²) in [6, 6.07) is 7.69. The molecule has 3 rings (SSSR count). The molecule has 8 nitrogen and oxygen atoms in total. The van der Waals surface area contributed by atoms with E-state index in [1.807, 2.05) is 38.1 Å². The fourth-order valence-electron chi connectivity index (χ4n) is 3.89. The van der Waals surface area contributed by atoms with Gasteiger partial charge in [0.05, 0.1) is 12.1 Å². The van der Waals surface area contributed by atoms with Crippen LogP contribution in [0.15, 0.2) is 36.9 Å². The topological polar surface area (TPSA) is 116 Å². The van der Waals surface area contributed by atoms with Crippen molar-refractivity contribution in [2.75, 3.05) is 25.4 Å². The van der Waals surface area contributed by atoms with Gasteiger partial charge in [0.1, 0.15) is 17.1 Å². The maximum atomic E-state index is 12.2. The average Bonchev–Trinajstić information content (AvgIpc) is 3.11. The van der Waals surface area contributed by atoms with Gasteiger partial charge in [0, 0.05) is 25.3 Å². The van der Waals surface area contributed by atoms with Crippen molar-refractivity contribution in [3.05, 3.63) is 48.0 Å². The highest BCUT2D eigenvalue weighted by Gasteiger charge is 2.29. The van der Waals surface area contributed by atoms with Gasteiger partial charge in [-0.2, -0.15) is 5.10 Å². The quantitative estimate of drug-likeness (QED) is 0.680. The van der Waals surface area contributed by atoms with Crippen LogP contribution < -0.4 is 11.5 Å². The fraction of sp³-hybridized carbons (Fsp3) is 0.409. The summed E-state index contributed by atoms with van der Waals surface area (Å²) in [5.74, 6) is -0.431. The van der Waals surface area contributed by atoms with Crippen LogP contribution in [0.2, 0.25) is 0 Å². The third kappa shape index (κ3) is 4.23. The molecule has 1 atom stereocenters. The first-order chi connectivity index (χ1) is 14.4. The van der Waals surface area contributed by atoms with Crippen molar-refractivity contribution >= 4 is 17.6 Å². The van der Waals surface area contributed by atoms with Crippen LogP contribution in [0.5, 0.6) is 0 Å². The molecule has 2 aromatic rings. The van der Waals surface area contributed by atoms with Gasteiger partial charge in [-0.1, -0.05) is 30.8 Å². The molecule has 1 saturated heterocycles. The summed E-state index contributed by atoms with van der Waals surface area (Å²) >= 11 is 0. The minimum atomic E-state index is -0.611. The van der Waals surface area contributed by atoms with Gasteiger partial charge in [0.25, 0.3) is 5.91 Å². The van der Waals surface area contributed by atoms with Crippen LogP contribution in [-0.4, -0.2) is 46.2 Å². The van der Waals surface area contributed by atoms with E-state index >= 15 is 0 Å². The van der Waals surface area contributed by atoms with Gasteiger partial charge in [0.15, 0.2) is 0 Å². The van der Waals surface area contributed by atoms with Crippen molar-refractivity contribution in [1.82, 2.24) is 14.7 Å². The van der Waals surface area contributed by atoms with Crippen LogP contribution in [-0.2, 0) is 9.53 Å². The summed E-state index contributed by atoms with van der Waals surface area (Å²) in [7, 11) is 0. The van der Waals surface area contributed by atoms with Crippen LogP contribution in [0.1, 0.15) is 54.8 Å². The number of carbonyl (C=O) groups is 2. The molecule has 8 heteroatoms. The Morgan fingerprint density at radius 3 is 2.47 bits per heavy atom. The second kappa shape index (κ2) is 9.13. The van der Waals surface area contributed by atoms with Crippen molar-refractivity contribution in [1.29, 1.82) is 0 Å². The molecule has 2 heterocycles. The van der Waals surface area contributed by atoms with Crippen LogP contribution in [0.25, 0.3) is 11.3 Å². The molecule has 0 aliphatic carbocycles. The van der Waals surface area contributed by atoms with Crippen molar-refractivity contribution in [2.45, 2.75) is 38.8 Å². The summed E-state index contributed by atoms with van der Waals surface area (Å²) < 4.78 is 7.31. The smallest absolute Gasteiger partial charge is 0.254 e. The Morgan fingerprint density at radius 2 is 1.93 bits per heavy atom. The summed E-state index contributed by atoms with van der Waals surface area (Å²) in [5, 5.41) is 4.66. The van der Waals surface area contributed by atoms with Crippen LogP contribution >= 0.6 is 0 Å². The predicted molar refractivity (Wildman–Crippen MR) is 116 cm³/mol. The SMILES string of the molecule is C=CC(=O)N1CCC(n2nc(-c3ccc(C(C)OCC)cc3)c(C(N)=O)c2N)CC1. The first-order valence-electron chi connectivity index (χ1n) is 10.2. The molecule has 1 fully saturated rings. The number of carbonyl (C=O) groups excluding carboxylic acids is 2. The Morgan fingerprint density at radius 1 is 1.30 bits per heavy atom. The number of piperidine rings is 1. The monoisotopic (exact) mass is 411 g/mol. The van der Waals surface area contributed by atoms with Crippen molar-refractivity contribution < 1.29 is 14.3 Å². The van der Waals surface area contributed by atoms with Gasteiger partial charge in [-0.05, 0) is 38.3 Å². The number of nitrogen functional groups attached to an aromatic ring is 1. The predicted octanol–water partition coefficient (Wildman–Crippen LogP) is 2.68. The van der Waals surface area contributed by atoms with Gasteiger partial charge in [-0.25, -0.2) is 4.68 Å². The zero-order valence-corrected chi connectivity index (χ0v) is 17.5. The summed E-state index contributed by atoms with van der Waals surface area (Å²) in [5.41, 5.74) is 14.4. The average molecular weight is 412 g/mol. The number of aromatic nitrogens is 2. The fourth-order valence-corrected chi connectivity index (χ4v) is 3.89. The zero-order valence-electron chi connectivity index (χ0n) is 17.5. The first kappa shape index (κ1) is 21.6. The van der Waals surface area contributed by atoms with Gasteiger partial charge in [-0.3, -0.25) is 9.59 Å².